The monoisotopic (exact) mass is 244 g/mol. The maximum atomic E-state index is 10.8. The lowest BCUT2D eigenvalue weighted by molar-refractivity contribution is -0.0952. The molecule has 0 unspecified atom stereocenters. The Morgan fingerprint density at radius 1 is 1.18 bits per heavy atom. The van der Waals surface area contributed by atoms with Crippen LogP contribution in [0.1, 0.15) is 46.0 Å². The van der Waals surface area contributed by atoms with Crippen LogP contribution in [0.15, 0.2) is 0 Å². The number of unbranched alkanes of at least 4 members (excludes halogenated alkanes) is 3. The molecular weight excluding hydrogens is 220 g/mol. The predicted molar refractivity (Wildman–Crippen MR) is 65.0 cm³/mol. The summed E-state index contributed by atoms with van der Waals surface area (Å²) in [6, 6.07) is 0. The summed E-state index contributed by atoms with van der Waals surface area (Å²) in [5.41, 5.74) is -0.140. The van der Waals surface area contributed by atoms with Gasteiger partial charge in [0.25, 0.3) is 0 Å². The van der Waals surface area contributed by atoms with Gasteiger partial charge in [0.05, 0.1) is 12.0 Å². The van der Waals surface area contributed by atoms with Gasteiger partial charge in [-0.3, -0.25) is 0 Å². The first kappa shape index (κ1) is 14.3. The summed E-state index contributed by atoms with van der Waals surface area (Å²) >= 11 is 0. The van der Waals surface area contributed by atoms with E-state index in [0.717, 1.165) is 19.4 Å². The first-order valence-corrected chi connectivity index (χ1v) is 6.60. The SMILES string of the molecule is CCCCCCOCC1(CC)COC(=O)OC1. The third kappa shape index (κ3) is 4.94. The van der Waals surface area contributed by atoms with Crippen LogP contribution in [0.5, 0.6) is 0 Å². The molecule has 0 N–H and O–H groups in total. The van der Waals surface area contributed by atoms with E-state index >= 15 is 0 Å². The normalized spacial score (nSPS) is 18.6. The van der Waals surface area contributed by atoms with Crippen LogP contribution in [0.25, 0.3) is 0 Å². The molecule has 0 aromatic carbocycles. The first-order valence-electron chi connectivity index (χ1n) is 6.60. The summed E-state index contributed by atoms with van der Waals surface area (Å²) in [6.45, 7) is 6.50. The minimum absolute atomic E-state index is 0.140. The van der Waals surface area contributed by atoms with Crippen LogP contribution in [0.2, 0.25) is 0 Å². The Morgan fingerprint density at radius 3 is 2.47 bits per heavy atom. The van der Waals surface area contributed by atoms with E-state index in [1.807, 2.05) is 0 Å². The molecule has 0 saturated carbocycles. The van der Waals surface area contributed by atoms with Crippen molar-refractivity contribution in [2.24, 2.45) is 5.41 Å². The van der Waals surface area contributed by atoms with Crippen molar-refractivity contribution in [3.8, 4) is 0 Å². The van der Waals surface area contributed by atoms with E-state index < -0.39 is 6.16 Å². The van der Waals surface area contributed by atoms with E-state index in [9.17, 15) is 4.79 Å². The summed E-state index contributed by atoms with van der Waals surface area (Å²) in [7, 11) is 0. The van der Waals surface area contributed by atoms with Gasteiger partial charge in [-0.05, 0) is 12.8 Å². The van der Waals surface area contributed by atoms with Crippen LogP contribution in [0, 0.1) is 5.41 Å². The standard InChI is InChI=1S/C13H24O4/c1-3-5-6-7-8-15-9-13(4-2)10-16-12(14)17-11-13/h3-11H2,1-2H3. The minimum atomic E-state index is -0.558. The van der Waals surface area contributed by atoms with Gasteiger partial charge in [-0.1, -0.05) is 33.1 Å². The van der Waals surface area contributed by atoms with Gasteiger partial charge in [0.1, 0.15) is 13.2 Å². The molecule has 0 atom stereocenters. The number of hydrogen-bond acceptors (Lipinski definition) is 4. The van der Waals surface area contributed by atoms with Gasteiger partial charge in [-0.15, -0.1) is 0 Å². The number of hydrogen-bond donors (Lipinski definition) is 0. The molecular formula is C13H24O4. The Morgan fingerprint density at radius 2 is 1.88 bits per heavy atom. The first-order chi connectivity index (χ1) is 8.22. The number of carbonyl (C=O) groups excluding carboxylic acids is 1. The van der Waals surface area contributed by atoms with Crippen molar-refractivity contribution >= 4 is 6.16 Å². The van der Waals surface area contributed by atoms with Crippen molar-refractivity contribution in [1.82, 2.24) is 0 Å². The van der Waals surface area contributed by atoms with Gasteiger partial charge in [-0.25, -0.2) is 4.79 Å². The van der Waals surface area contributed by atoms with E-state index in [0.29, 0.717) is 19.8 Å². The van der Waals surface area contributed by atoms with Crippen molar-refractivity contribution in [3.05, 3.63) is 0 Å². The minimum Gasteiger partial charge on any atom is -0.433 e. The zero-order valence-corrected chi connectivity index (χ0v) is 11.0. The van der Waals surface area contributed by atoms with E-state index in [4.69, 9.17) is 14.2 Å². The van der Waals surface area contributed by atoms with Crippen LogP contribution >= 0.6 is 0 Å². The third-order valence-electron chi connectivity index (χ3n) is 3.29. The van der Waals surface area contributed by atoms with Crippen molar-refractivity contribution in [1.29, 1.82) is 0 Å². The van der Waals surface area contributed by atoms with Crippen molar-refractivity contribution in [2.75, 3.05) is 26.4 Å². The molecule has 1 heterocycles. The van der Waals surface area contributed by atoms with Gasteiger partial charge in [-0.2, -0.15) is 0 Å². The quantitative estimate of drug-likeness (QED) is 0.486. The fourth-order valence-electron chi connectivity index (χ4n) is 1.82. The average molecular weight is 244 g/mol. The highest BCUT2D eigenvalue weighted by atomic mass is 16.7. The fraction of sp³-hybridized carbons (Fsp3) is 0.923. The second-order valence-electron chi connectivity index (χ2n) is 4.79. The highest BCUT2D eigenvalue weighted by Crippen LogP contribution is 2.27. The second-order valence-corrected chi connectivity index (χ2v) is 4.79. The number of cyclic esters (lactones) is 2. The summed E-state index contributed by atoms with van der Waals surface area (Å²) in [6.07, 6.45) is 5.17. The van der Waals surface area contributed by atoms with E-state index in [1.165, 1.54) is 19.3 Å². The molecule has 0 bridgehead atoms. The molecule has 4 heteroatoms. The molecule has 0 amide bonds. The molecule has 0 aromatic rings. The molecule has 100 valence electrons. The molecule has 4 nitrogen and oxygen atoms in total. The highest BCUT2D eigenvalue weighted by Gasteiger charge is 2.36. The second kappa shape index (κ2) is 7.54. The van der Waals surface area contributed by atoms with Crippen LogP contribution in [-0.2, 0) is 14.2 Å². The maximum absolute atomic E-state index is 10.8. The molecule has 1 fully saturated rings. The summed E-state index contributed by atoms with van der Waals surface area (Å²) in [4.78, 5) is 10.8. The zero-order chi connectivity index (χ0) is 12.6. The van der Waals surface area contributed by atoms with Gasteiger partial charge < -0.3 is 14.2 Å². The van der Waals surface area contributed by atoms with Crippen molar-refractivity contribution in [3.63, 3.8) is 0 Å². The third-order valence-corrected chi connectivity index (χ3v) is 3.29. The fourth-order valence-corrected chi connectivity index (χ4v) is 1.82. The molecule has 0 aliphatic carbocycles. The predicted octanol–water partition coefficient (Wildman–Crippen LogP) is 3.15. The Bertz CT molecular complexity index is 217. The van der Waals surface area contributed by atoms with Gasteiger partial charge in [0.2, 0.25) is 0 Å². The smallest absolute Gasteiger partial charge is 0.433 e. The summed E-state index contributed by atoms with van der Waals surface area (Å²) in [5, 5.41) is 0. The van der Waals surface area contributed by atoms with Crippen LogP contribution in [0.4, 0.5) is 4.79 Å². The molecule has 1 aliphatic heterocycles. The maximum Gasteiger partial charge on any atom is 0.508 e. The van der Waals surface area contributed by atoms with Gasteiger partial charge >= 0.3 is 6.16 Å². The Kier molecular flexibility index (Phi) is 6.34. The van der Waals surface area contributed by atoms with E-state index in [2.05, 4.69) is 13.8 Å². The lowest BCUT2D eigenvalue weighted by atomic mass is 9.87. The average Bonchev–Trinajstić information content (AvgIpc) is 2.36. The van der Waals surface area contributed by atoms with Gasteiger partial charge in [0, 0.05) is 6.61 Å². The molecule has 1 rings (SSSR count). The molecule has 1 saturated heterocycles. The molecule has 0 spiro atoms. The van der Waals surface area contributed by atoms with Crippen LogP contribution in [0.3, 0.4) is 0 Å². The Labute approximate surface area is 104 Å². The zero-order valence-electron chi connectivity index (χ0n) is 11.0. The number of ether oxygens (including phenoxy) is 3. The van der Waals surface area contributed by atoms with Crippen LogP contribution < -0.4 is 0 Å². The van der Waals surface area contributed by atoms with Crippen molar-refractivity contribution < 1.29 is 19.0 Å². The molecule has 17 heavy (non-hydrogen) atoms. The van der Waals surface area contributed by atoms with Crippen molar-refractivity contribution in [2.45, 2.75) is 46.0 Å². The summed E-state index contributed by atoms with van der Waals surface area (Å²) in [5.74, 6) is 0. The van der Waals surface area contributed by atoms with Crippen LogP contribution in [-0.4, -0.2) is 32.6 Å². The Hall–Kier alpha value is -0.770. The molecule has 0 radical (unpaired) electrons. The number of rotatable bonds is 8. The van der Waals surface area contributed by atoms with E-state index in [-0.39, 0.29) is 5.41 Å². The lowest BCUT2D eigenvalue weighted by Crippen LogP contribution is -2.42. The lowest BCUT2D eigenvalue weighted by Gasteiger charge is -2.34. The Balaban J connectivity index is 2.16. The van der Waals surface area contributed by atoms with E-state index in [1.54, 1.807) is 0 Å². The van der Waals surface area contributed by atoms with Gasteiger partial charge in [0.15, 0.2) is 0 Å². The highest BCUT2D eigenvalue weighted by molar-refractivity contribution is 5.60. The summed E-state index contributed by atoms with van der Waals surface area (Å²) < 4.78 is 15.6. The topological polar surface area (TPSA) is 44.8 Å². The molecule has 1 aliphatic rings. The molecule has 0 aromatic heterocycles. The number of carbonyl (C=O) groups is 1. The largest absolute Gasteiger partial charge is 0.508 e.